The Morgan fingerprint density at radius 2 is 1.81 bits per heavy atom. The number of aliphatic hydroxyl groups is 1. The third kappa shape index (κ3) is 3.48. The van der Waals surface area contributed by atoms with Gasteiger partial charge in [0.2, 0.25) is 5.91 Å². The van der Waals surface area contributed by atoms with Gasteiger partial charge in [-0.25, -0.2) is 0 Å². The van der Waals surface area contributed by atoms with Gasteiger partial charge < -0.3 is 15.1 Å². The van der Waals surface area contributed by atoms with Gasteiger partial charge in [-0.15, -0.1) is 0 Å². The zero-order valence-electron chi connectivity index (χ0n) is 9.61. The summed E-state index contributed by atoms with van der Waals surface area (Å²) in [6, 6.07) is 0. The molecule has 5 nitrogen and oxygen atoms in total. The molecule has 0 bridgehead atoms. The number of hydrogen-bond acceptors (Lipinski definition) is 3. The predicted octanol–water partition coefficient (Wildman–Crippen LogP) is 0.615. The quantitative estimate of drug-likeness (QED) is 0.654. The van der Waals surface area contributed by atoms with Crippen LogP contribution in [0.25, 0.3) is 0 Å². The molecule has 1 heterocycles. The summed E-state index contributed by atoms with van der Waals surface area (Å²) >= 11 is 0. The van der Waals surface area contributed by atoms with Gasteiger partial charge in [-0.05, 0) is 19.3 Å². The van der Waals surface area contributed by atoms with Gasteiger partial charge in [-0.3, -0.25) is 9.59 Å². The van der Waals surface area contributed by atoms with Crippen molar-refractivity contribution in [1.82, 2.24) is 4.90 Å². The van der Waals surface area contributed by atoms with Gasteiger partial charge >= 0.3 is 5.97 Å². The number of carbonyl (C=O) groups excluding carboxylic acids is 1. The zero-order chi connectivity index (χ0) is 12.2. The first-order valence-corrected chi connectivity index (χ1v) is 5.69. The lowest BCUT2D eigenvalue weighted by molar-refractivity contribution is -0.155. The summed E-state index contributed by atoms with van der Waals surface area (Å²) in [5, 5.41) is 18.1. The molecule has 0 radical (unpaired) electrons. The fraction of sp³-hybridized carbons (Fsp3) is 0.818. The minimum atomic E-state index is -0.822. The SMILES string of the molecule is CCC1(O)CN(C(=O)CCCCC(=O)O)C1. The number of hydrogen-bond donors (Lipinski definition) is 2. The van der Waals surface area contributed by atoms with E-state index in [-0.39, 0.29) is 12.3 Å². The van der Waals surface area contributed by atoms with Gasteiger partial charge in [-0.1, -0.05) is 6.92 Å². The van der Waals surface area contributed by atoms with Crippen molar-refractivity contribution in [3.05, 3.63) is 0 Å². The molecule has 2 N–H and O–H groups in total. The summed E-state index contributed by atoms with van der Waals surface area (Å²) < 4.78 is 0. The molecule has 1 aliphatic rings. The molecule has 1 fully saturated rings. The number of unbranched alkanes of at least 4 members (excludes halogenated alkanes) is 1. The summed E-state index contributed by atoms with van der Waals surface area (Å²) in [7, 11) is 0. The Balaban J connectivity index is 2.11. The van der Waals surface area contributed by atoms with E-state index >= 15 is 0 Å². The molecule has 1 saturated heterocycles. The highest BCUT2D eigenvalue weighted by molar-refractivity contribution is 5.77. The van der Waals surface area contributed by atoms with Crippen LogP contribution in [0.5, 0.6) is 0 Å². The number of likely N-dealkylation sites (tertiary alicyclic amines) is 1. The monoisotopic (exact) mass is 229 g/mol. The molecule has 0 aromatic carbocycles. The van der Waals surface area contributed by atoms with E-state index in [0.717, 1.165) is 0 Å². The third-order valence-corrected chi connectivity index (χ3v) is 3.01. The molecule has 1 amide bonds. The number of rotatable bonds is 6. The van der Waals surface area contributed by atoms with E-state index in [4.69, 9.17) is 5.11 Å². The fourth-order valence-corrected chi connectivity index (χ4v) is 1.77. The van der Waals surface area contributed by atoms with Crippen LogP contribution >= 0.6 is 0 Å². The van der Waals surface area contributed by atoms with E-state index in [1.807, 2.05) is 6.92 Å². The lowest BCUT2D eigenvalue weighted by Gasteiger charge is -2.46. The van der Waals surface area contributed by atoms with Crippen molar-refractivity contribution in [2.45, 2.75) is 44.6 Å². The Kier molecular flexibility index (Phi) is 4.29. The lowest BCUT2D eigenvalue weighted by atomic mass is 9.91. The second-order valence-corrected chi connectivity index (χ2v) is 4.43. The summed E-state index contributed by atoms with van der Waals surface area (Å²) in [5.41, 5.74) is -0.684. The molecule has 5 heteroatoms. The van der Waals surface area contributed by atoms with Crippen molar-refractivity contribution >= 4 is 11.9 Å². The molecular formula is C11H19NO4. The Labute approximate surface area is 95.1 Å². The summed E-state index contributed by atoms with van der Waals surface area (Å²) in [6.45, 7) is 2.73. The normalized spacial score (nSPS) is 18.0. The summed E-state index contributed by atoms with van der Waals surface area (Å²) in [6.07, 6.45) is 2.30. The average molecular weight is 229 g/mol. The highest BCUT2D eigenvalue weighted by Gasteiger charge is 2.41. The average Bonchev–Trinajstić information content (AvgIpc) is 2.19. The maximum absolute atomic E-state index is 11.5. The molecule has 0 aromatic rings. The van der Waals surface area contributed by atoms with Crippen LogP contribution in [-0.2, 0) is 9.59 Å². The van der Waals surface area contributed by atoms with Crippen molar-refractivity contribution in [1.29, 1.82) is 0 Å². The molecule has 1 aliphatic heterocycles. The van der Waals surface area contributed by atoms with E-state index in [1.54, 1.807) is 4.90 Å². The number of β-amino-alcohol motifs (C(OH)–C–C–N with tert-alkyl or cyclic N) is 1. The van der Waals surface area contributed by atoms with Crippen LogP contribution in [0.2, 0.25) is 0 Å². The van der Waals surface area contributed by atoms with Crippen LogP contribution in [0.4, 0.5) is 0 Å². The molecule has 0 atom stereocenters. The number of amides is 1. The van der Waals surface area contributed by atoms with Gasteiger partial charge in [0.05, 0.1) is 18.7 Å². The van der Waals surface area contributed by atoms with E-state index in [0.29, 0.717) is 38.8 Å². The van der Waals surface area contributed by atoms with Crippen molar-refractivity contribution in [3.8, 4) is 0 Å². The molecule has 1 rings (SSSR count). The van der Waals surface area contributed by atoms with Gasteiger partial charge in [0, 0.05) is 12.8 Å². The van der Waals surface area contributed by atoms with Crippen molar-refractivity contribution in [2.75, 3.05) is 13.1 Å². The second kappa shape index (κ2) is 5.30. The Hall–Kier alpha value is -1.10. The first kappa shape index (κ1) is 13.0. The summed E-state index contributed by atoms with van der Waals surface area (Å²) in [4.78, 5) is 23.4. The first-order valence-electron chi connectivity index (χ1n) is 5.69. The van der Waals surface area contributed by atoms with Crippen LogP contribution in [0.3, 0.4) is 0 Å². The van der Waals surface area contributed by atoms with E-state index < -0.39 is 11.6 Å². The standard InChI is InChI=1S/C11H19NO4/c1-2-11(16)7-12(8-11)9(13)5-3-4-6-10(14)15/h16H,2-8H2,1H3,(H,14,15). The smallest absolute Gasteiger partial charge is 0.303 e. The minimum absolute atomic E-state index is 0.0171. The molecular weight excluding hydrogens is 210 g/mol. The molecule has 92 valence electrons. The van der Waals surface area contributed by atoms with E-state index in [2.05, 4.69) is 0 Å². The highest BCUT2D eigenvalue weighted by atomic mass is 16.4. The Bertz CT molecular complexity index is 271. The van der Waals surface area contributed by atoms with Gasteiger partial charge in [0.1, 0.15) is 0 Å². The minimum Gasteiger partial charge on any atom is -0.481 e. The van der Waals surface area contributed by atoms with Crippen LogP contribution in [0.1, 0.15) is 39.0 Å². The molecule has 0 saturated carbocycles. The Morgan fingerprint density at radius 3 is 2.31 bits per heavy atom. The number of carbonyl (C=O) groups is 2. The van der Waals surface area contributed by atoms with Crippen LogP contribution in [-0.4, -0.2) is 45.7 Å². The van der Waals surface area contributed by atoms with Gasteiger partial charge in [0.25, 0.3) is 0 Å². The van der Waals surface area contributed by atoms with E-state index in [9.17, 15) is 14.7 Å². The number of carboxylic acids is 1. The molecule has 0 aromatic heterocycles. The number of carboxylic acid groups (broad SMARTS) is 1. The topological polar surface area (TPSA) is 77.8 Å². The lowest BCUT2D eigenvalue weighted by Crippen LogP contribution is -2.63. The second-order valence-electron chi connectivity index (χ2n) is 4.43. The van der Waals surface area contributed by atoms with Crippen LogP contribution < -0.4 is 0 Å². The number of nitrogens with zero attached hydrogens (tertiary/aromatic N) is 1. The van der Waals surface area contributed by atoms with Gasteiger partial charge in [-0.2, -0.15) is 0 Å². The van der Waals surface area contributed by atoms with Gasteiger partial charge in [0.15, 0.2) is 0 Å². The number of aliphatic carboxylic acids is 1. The largest absolute Gasteiger partial charge is 0.481 e. The molecule has 0 spiro atoms. The van der Waals surface area contributed by atoms with Crippen molar-refractivity contribution in [3.63, 3.8) is 0 Å². The third-order valence-electron chi connectivity index (χ3n) is 3.01. The van der Waals surface area contributed by atoms with Crippen LogP contribution in [0.15, 0.2) is 0 Å². The predicted molar refractivity (Wildman–Crippen MR) is 57.9 cm³/mol. The van der Waals surface area contributed by atoms with E-state index in [1.165, 1.54) is 0 Å². The molecule has 0 aliphatic carbocycles. The Morgan fingerprint density at radius 1 is 1.25 bits per heavy atom. The molecule has 0 unspecified atom stereocenters. The zero-order valence-corrected chi connectivity index (χ0v) is 9.61. The maximum atomic E-state index is 11.5. The van der Waals surface area contributed by atoms with Crippen molar-refractivity contribution < 1.29 is 19.8 Å². The highest BCUT2D eigenvalue weighted by Crippen LogP contribution is 2.24. The molecule has 16 heavy (non-hydrogen) atoms. The van der Waals surface area contributed by atoms with Crippen LogP contribution in [0, 0.1) is 0 Å². The maximum Gasteiger partial charge on any atom is 0.303 e. The fourth-order valence-electron chi connectivity index (χ4n) is 1.77. The van der Waals surface area contributed by atoms with Crippen molar-refractivity contribution in [2.24, 2.45) is 0 Å². The first-order chi connectivity index (χ1) is 7.47. The summed E-state index contributed by atoms with van der Waals surface area (Å²) in [5.74, 6) is -0.805.